The molecule has 1 aromatic carbocycles. The molecule has 0 spiro atoms. The molecule has 0 bridgehead atoms. The van der Waals surface area contributed by atoms with Gasteiger partial charge in [0, 0.05) is 23.4 Å². The molecule has 1 aromatic rings. The Morgan fingerprint density at radius 2 is 1.92 bits per heavy atom. The summed E-state index contributed by atoms with van der Waals surface area (Å²) < 4.78 is 30.4. The summed E-state index contributed by atoms with van der Waals surface area (Å²) in [5.41, 5.74) is 0. The molecular formula is C6H5GaIO3S. The molecule has 63 valence electrons. The maximum atomic E-state index is 10.5. The Morgan fingerprint density at radius 3 is 2.25 bits per heavy atom. The molecule has 1 N–H and O–H groups in total. The van der Waals surface area contributed by atoms with Gasteiger partial charge in [0.05, 0.1) is 4.90 Å². The van der Waals surface area contributed by atoms with Crippen LogP contribution in [-0.4, -0.2) is 32.8 Å². The molecule has 0 amide bonds. The van der Waals surface area contributed by atoms with E-state index in [0.717, 1.165) is 3.57 Å². The minimum atomic E-state index is -4.03. The Kier molecular flexibility index (Phi) is 4.85. The first kappa shape index (κ1) is 12.5. The summed E-state index contributed by atoms with van der Waals surface area (Å²) in [6, 6.07) is 6.06. The summed E-state index contributed by atoms with van der Waals surface area (Å²) in [7, 11) is -4.03. The van der Waals surface area contributed by atoms with Crippen LogP contribution >= 0.6 is 22.6 Å². The Balaban J connectivity index is 0.00000121. The minimum Gasteiger partial charge on any atom is -0.282 e. The number of rotatable bonds is 1. The summed E-state index contributed by atoms with van der Waals surface area (Å²) in [6.07, 6.45) is 0. The number of halogens is 1. The van der Waals surface area contributed by atoms with Crippen molar-refractivity contribution >= 4 is 52.5 Å². The topological polar surface area (TPSA) is 54.4 Å². The molecule has 0 aliphatic heterocycles. The smallest absolute Gasteiger partial charge is 0.282 e. The van der Waals surface area contributed by atoms with Gasteiger partial charge in [0.25, 0.3) is 10.1 Å². The second-order valence-electron chi connectivity index (χ2n) is 1.93. The third-order valence-corrected chi connectivity index (χ3v) is 2.61. The summed E-state index contributed by atoms with van der Waals surface area (Å²) in [5, 5.41) is 0. The molecule has 0 fully saturated rings. The zero-order valence-corrected chi connectivity index (χ0v) is 11.3. The van der Waals surface area contributed by atoms with Gasteiger partial charge in [-0.1, -0.05) is 6.07 Å². The van der Waals surface area contributed by atoms with Gasteiger partial charge in [0.1, 0.15) is 0 Å². The van der Waals surface area contributed by atoms with Crippen LogP contribution in [0.25, 0.3) is 0 Å². The third-order valence-electron chi connectivity index (χ3n) is 1.09. The predicted octanol–water partition coefficient (Wildman–Crippen LogP) is 1.16. The van der Waals surface area contributed by atoms with E-state index in [1.165, 1.54) is 12.1 Å². The molecule has 0 aliphatic rings. The molecule has 12 heavy (non-hydrogen) atoms. The molecule has 0 saturated carbocycles. The van der Waals surface area contributed by atoms with Crippen LogP contribution in [0.15, 0.2) is 29.2 Å². The molecule has 0 atom stereocenters. The van der Waals surface area contributed by atoms with Crippen molar-refractivity contribution in [3.63, 3.8) is 0 Å². The van der Waals surface area contributed by atoms with Crippen molar-refractivity contribution in [1.82, 2.24) is 0 Å². The van der Waals surface area contributed by atoms with Crippen molar-refractivity contribution in [1.29, 1.82) is 0 Å². The van der Waals surface area contributed by atoms with E-state index in [9.17, 15) is 8.42 Å². The molecule has 0 unspecified atom stereocenters. The Labute approximate surface area is 97.5 Å². The summed E-state index contributed by atoms with van der Waals surface area (Å²) in [4.78, 5) is -0.0654. The fraction of sp³-hybridized carbons (Fsp3) is 0. The molecular weight excluding hydrogens is 349 g/mol. The fourth-order valence-corrected chi connectivity index (χ4v) is 1.91. The van der Waals surface area contributed by atoms with Crippen LogP contribution in [0, 0.1) is 3.57 Å². The van der Waals surface area contributed by atoms with Crippen LogP contribution in [0.2, 0.25) is 0 Å². The SMILES string of the molecule is O=S(=O)(O)c1cccc(I)c1.[Ga]. The Bertz CT molecular complexity index is 363. The zero-order valence-electron chi connectivity index (χ0n) is 5.94. The second kappa shape index (κ2) is 4.65. The van der Waals surface area contributed by atoms with Crippen molar-refractivity contribution < 1.29 is 13.0 Å². The summed E-state index contributed by atoms with van der Waals surface area (Å²) in [6.45, 7) is 0. The van der Waals surface area contributed by atoms with Crippen molar-refractivity contribution in [3.8, 4) is 0 Å². The van der Waals surface area contributed by atoms with E-state index in [4.69, 9.17) is 4.55 Å². The molecule has 3 radical (unpaired) electrons. The van der Waals surface area contributed by atoms with E-state index in [2.05, 4.69) is 0 Å². The molecule has 0 aromatic heterocycles. The molecule has 6 heteroatoms. The van der Waals surface area contributed by atoms with Gasteiger partial charge in [-0.2, -0.15) is 8.42 Å². The third kappa shape index (κ3) is 3.48. The van der Waals surface area contributed by atoms with Crippen molar-refractivity contribution in [2.24, 2.45) is 0 Å². The van der Waals surface area contributed by atoms with E-state index in [-0.39, 0.29) is 24.7 Å². The van der Waals surface area contributed by atoms with Crippen LogP contribution in [0.4, 0.5) is 0 Å². The maximum Gasteiger partial charge on any atom is 0.294 e. The summed E-state index contributed by atoms with van der Waals surface area (Å²) >= 11 is 1.97. The standard InChI is InChI=1S/C6H5IO3S.Ga/c7-5-2-1-3-6(4-5)11(8,9)10;/h1-4H,(H,8,9,10);. The van der Waals surface area contributed by atoms with Crippen LogP contribution in [-0.2, 0) is 10.1 Å². The van der Waals surface area contributed by atoms with Crippen molar-refractivity contribution in [2.75, 3.05) is 0 Å². The second-order valence-corrected chi connectivity index (χ2v) is 4.60. The Morgan fingerprint density at radius 1 is 1.33 bits per heavy atom. The van der Waals surface area contributed by atoms with Gasteiger partial charge in [-0.3, -0.25) is 4.55 Å². The minimum absolute atomic E-state index is 0. The molecule has 0 heterocycles. The van der Waals surface area contributed by atoms with E-state index in [1.54, 1.807) is 12.1 Å². The van der Waals surface area contributed by atoms with Crippen molar-refractivity contribution in [2.45, 2.75) is 4.90 Å². The van der Waals surface area contributed by atoms with Crippen LogP contribution in [0.5, 0.6) is 0 Å². The van der Waals surface area contributed by atoms with Gasteiger partial charge in [-0.15, -0.1) is 0 Å². The fourth-order valence-electron chi connectivity index (χ4n) is 0.627. The van der Waals surface area contributed by atoms with Gasteiger partial charge in [0.2, 0.25) is 0 Å². The van der Waals surface area contributed by atoms with E-state index in [1.807, 2.05) is 22.6 Å². The van der Waals surface area contributed by atoms with Gasteiger partial charge in [0.15, 0.2) is 0 Å². The van der Waals surface area contributed by atoms with Crippen LogP contribution < -0.4 is 0 Å². The largest absolute Gasteiger partial charge is 0.294 e. The van der Waals surface area contributed by atoms with Crippen molar-refractivity contribution in [3.05, 3.63) is 27.8 Å². The first-order valence-corrected chi connectivity index (χ1v) is 5.25. The van der Waals surface area contributed by atoms with Crippen LogP contribution in [0.1, 0.15) is 0 Å². The Hall–Kier alpha value is 0.496. The van der Waals surface area contributed by atoms with Gasteiger partial charge in [-0.05, 0) is 40.8 Å². The van der Waals surface area contributed by atoms with E-state index < -0.39 is 10.1 Å². The normalized spacial score (nSPS) is 10.5. The first-order valence-electron chi connectivity index (χ1n) is 2.73. The average Bonchev–Trinajstić information content (AvgIpc) is 1.86. The molecule has 0 aliphatic carbocycles. The zero-order chi connectivity index (χ0) is 8.48. The first-order chi connectivity index (χ1) is 5.00. The molecule has 1 rings (SSSR count). The van der Waals surface area contributed by atoms with Crippen LogP contribution in [0.3, 0.4) is 0 Å². The van der Waals surface area contributed by atoms with Gasteiger partial charge < -0.3 is 0 Å². The monoisotopic (exact) mass is 353 g/mol. The number of hydrogen-bond donors (Lipinski definition) is 1. The quantitative estimate of drug-likeness (QED) is 0.468. The number of benzene rings is 1. The molecule has 0 saturated heterocycles. The maximum absolute atomic E-state index is 10.5. The van der Waals surface area contributed by atoms with Gasteiger partial charge >= 0.3 is 0 Å². The average molecular weight is 354 g/mol. The summed E-state index contributed by atoms with van der Waals surface area (Å²) in [5.74, 6) is 0. The number of hydrogen-bond acceptors (Lipinski definition) is 2. The predicted molar refractivity (Wildman–Crippen MR) is 54.7 cm³/mol. The van der Waals surface area contributed by atoms with E-state index in [0.29, 0.717) is 0 Å². The van der Waals surface area contributed by atoms with Gasteiger partial charge in [-0.25, -0.2) is 0 Å². The van der Waals surface area contributed by atoms with E-state index >= 15 is 0 Å². The molecule has 3 nitrogen and oxygen atoms in total.